The number of carbonyl (C=O) groups is 1. The van der Waals surface area contributed by atoms with E-state index in [4.69, 9.17) is 5.11 Å². The molecule has 7 nitrogen and oxygen atoms in total. The summed E-state index contributed by atoms with van der Waals surface area (Å²) in [6, 6.07) is 1.36. The first-order valence-electron chi connectivity index (χ1n) is 5.94. The Bertz CT molecular complexity index is 536. The number of rotatable bonds is 7. The number of hydrogen-bond donors (Lipinski definition) is 2. The van der Waals surface area contributed by atoms with Crippen LogP contribution < -0.4 is 4.72 Å². The molecule has 8 heteroatoms. The number of nitrogens with zero attached hydrogens (tertiary/aromatic N) is 2. The number of carboxylic acid groups (broad SMARTS) is 1. The third-order valence-electron chi connectivity index (χ3n) is 2.68. The van der Waals surface area contributed by atoms with E-state index in [2.05, 4.69) is 9.82 Å². The zero-order valence-electron chi connectivity index (χ0n) is 11.2. The summed E-state index contributed by atoms with van der Waals surface area (Å²) in [7, 11) is -2.21. The SMILES string of the molecule is CC(C)CC(CNS(=O)(=O)c1ccnn1C)C(=O)O. The van der Waals surface area contributed by atoms with Gasteiger partial charge >= 0.3 is 5.97 Å². The van der Waals surface area contributed by atoms with Crippen LogP contribution in [0.3, 0.4) is 0 Å². The first-order valence-corrected chi connectivity index (χ1v) is 7.43. The molecular weight excluding hydrogens is 270 g/mol. The summed E-state index contributed by atoms with van der Waals surface area (Å²) in [5, 5.41) is 12.8. The van der Waals surface area contributed by atoms with Crippen molar-refractivity contribution in [1.29, 1.82) is 0 Å². The van der Waals surface area contributed by atoms with Gasteiger partial charge in [-0.2, -0.15) is 5.10 Å². The Morgan fingerprint density at radius 2 is 2.16 bits per heavy atom. The number of nitrogens with one attached hydrogen (secondary N) is 1. The smallest absolute Gasteiger partial charge is 0.307 e. The van der Waals surface area contributed by atoms with Crippen LogP contribution in [-0.4, -0.2) is 35.8 Å². The summed E-state index contributed by atoms with van der Waals surface area (Å²) >= 11 is 0. The predicted molar refractivity (Wildman–Crippen MR) is 69.0 cm³/mol. The molecular formula is C11H19N3O4S. The molecule has 0 aromatic carbocycles. The van der Waals surface area contributed by atoms with Gasteiger partial charge in [0.05, 0.1) is 12.1 Å². The van der Waals surface area contributed by atoms with Crippen molar-refractivity contribution in [2.24, 2.45) is 18.9 Å². The van der Waals surface area contributed by atoms with Gasteiger partial charge < -0.3 is 5.11 Å². The minimum atomic E-state index is -3.72. The predicted octanol–water partition coefficient (Wildman–Crippen LogP) is 0.445. The number of aryl methyl sites for hydroxylation is 1. The Labute approximate surface area is 112 Å². The van der Waals surface area contributed by atoms with Gasteiger partial charge in [-0.1, -0.05) is 13.8 Å². The van der Waals surface area contributed by atoms with Crippen LogP contribution in [0.4, 0.5) is 0 Å². The second kappa shape index (κ2) is 6.16. The average Bonchev–Trinajstić information content (AvgIpc) is 2.70. The summed E-state index contributed by atoms with van der Waals surface area (Å²) in [6.07, 6.45) is 1.79. The second-order valence-electron chi connectivity index (χ2n) is 4.81. The standard InChI is InChI=1S/C11H19N3O4S/c1-8(2)6-9(11(15)16)7-13-19(17,18)10-4-5-12-14(10)3/h4-5,8-9,13H,6-7H2,1-3H3,(H,15,16). The molecule has 0 aliphatic heterocycles. The Kier molecular flexibility index (Phi) is 5.07. The minimum Gasteiger partial charge on any atom is -0.481 e. The van der Waals surface area contributed by atoms with Gasteiger partial charge in [-0.15, -0.1) is 0 Å². The van der Waals surface area contributed by atoms with Crippen LogP contribution in [0.25, 0.3) is 0 Å². The molecule has 0 spiro atoms. The molecule has 19 heavy (non-hydrogen) atoms. The van der Waals surface area contributed by atoms with Gasteiger partial charge in [0.2, 0.25) is 0 Å². The fourth-order valence-electron chi connectivity index (χ4n) is 1.75. The van der Waals surface area contributed by atoms with Crippen molar-refractivity contribution in [3.63, 3.8) is 0 Å². The Morgan fingerprint density at radius 1 is 1.53 bits per heavy atom. The number of sulfonamides is 1. The first-order chi connectivity index (χ1) is 8.74. The van der Waals surface area contributed by atoms with Gasteiger partial charge in [0, 0.05) is 13.6 Å². The van der Waals surface area contributed by atoms with E-state index in [1.54, 1.807) is 0 Å². The minimum absolute atomic E-state index is 0.0150. The largest absolute Gasteiger partial charge is 0.481 e. The maximum Gasteiger partial charge on any atom is 0.307 e. The molecule has 2 N–H and O–H groups in total. The van der Waals surface area contributed by atoms with E-state index >= 15 is 0 Å². The Morgan fingerprint density at radius 3 is 2.58 bits per heavy atom. The van der Waals surface area contributed by atoms with Crippen LogP contribution >= 0.6 is 0 Å². The topological polar surface area (TPSA) is 101 Å². The molecule has 0 aliphatic carbocycles. The molecule has 0 radical (unpaired) electrons. The van der Waals surface area contributed by atoms with E-state index in [0.717, 1.165) is 0 Å². The van der Waals surface area contributed by atoms with E-state index in [1.807, 2.05) is 13.8 Å². The van der Waals surface area contributed by atoms with Gasteiger partial charge in [-0.05, 0) is 18.4 Å². The molecule has 1 aromatic heterocycles. The fraction of sp³-hybridized carbons (Fsp3) is 0.636. The number of carboxylic acids is 1. The fourth-order valence-corrected chi connectivity index (χ4v) is 2.95. The average molecular weight is 289 g/mol. The highest BCUT2D eigenvalue weighted by Crippen LogP contribution is 2.13. The van der Waals surface area contributed by atoms with Crippen molar-refractivity contribution in [2.75, 3.05) is 6.54 Å². The van der Waals surface area contributed by atoms with Crippen LogP contribution in [0.15, 0.2) is 17.3 Å². The van der Waals surface area contributed by atoms with Gasteiger partial charge in [-0.25, -0.2) is 13.1 Å². The van der Waals surface area contributed by atoms with E-state index in [9.17, 15) is 13.2 Å². The third-order valence-corrected chi connectivity index (χ3v) is 4.17. The second-order valence-corrected chi connectivity index (χ2v) is 6.52. The molecule has 0 saturated heterocycles. The monoisotopic (exact) mass is 289 g/mol. The zero-order chi connectivity index (χ0) is 14.6. The summed E-state index contributed by atoms with van der Waals surface area (Å²) in [4.78, 5) is 11.1. The first kappa shape index (κ1) is 15.6. The van der Waals surface area contributed by atoms with E-state index in [-0.39, 0.29) is 17.5 Å². The van der Waals surface area contributed by atoms with Crippen LogP contribution in [0.2, 0.25) is 0 Å². The normalized spacial score (nSPS) is 13.7. The zero-order valence-corrected chi connectivity index (χ0v) is 12.0. The van der Waals surface area contributed by atoms with Crippen LogP contribution in [-0.2, 0) is 21.9 Å². The van der Waals surface area contributed by atoms with Gasteiger partial charge in [0.15, 0.2) is 5.03 Å². The molecule has 0 amide bonds. The highest BCUT2D eigenvalue weighted by Gasteiger charge is 2.24. The molecule has 1 heterocycles. The Hall–Kier alpha value is -1.41. The van der Waals surface area contributed by atoms with Crippen molar-refractivity contribution in [2.45, 2.75) is 25.3 Å². The molecule has 1 atom stereocenters. The highest BCUT2D eigenvalue weighted by molar-refractivity contribution is 7.89. The molecule has 1 aromatic rings. The summed E-state index contributed by atoms with van der Waals surface area (Å²) in [5.41, 5.74) is 0. The maximum absolute atomic E-state index is 12.0. The quantitative estimate of drug-likeness (QED) is 0.758. The van der Waals surface area contributed by atoms with Crippen molar-refractivity contribution in [3.05, 3.63) is 12.3 Å². The van der Waals surface area contributed by atoms with Gasteiger partial charge in [0.25, 0.3) is 10.0 Å². The van der Waals surface area contributed by atoms with Gasteiger partial charge in [-0.3, -0.25) is 9.48 Å². The van der Waals surface area contributed by atoms with Crippen molar-refractivity contribution in [1.82, 2.24) is 14.5 Å². The third kappa shape index (κ3) is 4.32. The molecule has 0 aliphatic rings. The van der Waals surface area contributed by atoms with Crippen molar-refractivity contribution >= 4 is 16.0 Å². The van der Waals surface area contributed by atoms with Gasteiger partial charge in [0.1, 0.15) is 0 Å². The van der Waals surface area contributed by atoms with Crippen molar-refractivity contribution < 1.29 is 18.3 Å². The van der Waals surface area contributed by atoms with Crippen LogP contribution in [0, 0.1) is 11.8 Å². The highest BCUT2D eigenvalue weighted by atomic mass is 32.2. The molecule has 0 fully saturated rings. The Balaban J connectivity index is 2.74. The van der Waals surface area contributed by atoms with E-state index in [1.165, 1.54) is 24.0 Å². The maximum atomic E-state index is 12.0. The molecule has 0 saturated carbocycles. The lowest BCUT2D eigenvalue weighted by molar-refractivity contribution is -0.142. The lowest BCUT2D eigenvalue weighted by Gasteiger charge is -2.15. The lowest BCUT2D eigenvalue weighted by Crippen LogP contribution is -2.34. The summed E-state index contributed by atoms with van der Waals surface area (Å²) in [5.74, 6) is -1.55. The van der Waals surface area contributed by atoms with E-state index < -0.39 is 21.9 Å². The lowest BCUT2D eigenvalue weighted by atomic mass is 9.98. The number of aliphatic carboxylic acids is 1. The number of aromatic nitrogens is 2. The molecule has 1 rings (SSSR count). The molecule has 108 valence electrons. The summed E-state index contributed by atoms with van der Waals surface area (Å²) in [6.45, 7) is 3.66. The van der Waals surface area contributed by atoms with E-state index in [0.29, 0.717) is 6.42 Å². The molecule has 0 bridgehead atoms. The number of hydrogen-bond acceptors (Lipinski definition) is 4. The molecule has 1 unspecified atom stereocenters. The van der Waals surface area contributed by atoms with Crippen LogP contribution in [0.1, 0.15) is 20.3 Å². The van der Waals surface area contributed by atoms with Crippen LogP contribution in [0.5, 0.6) is 0 Å². The van der Waals surface area contributed by atoms with Crippen molar-refractivity contribution in [3.8, 4) is 0 Å². The summed E-state index contributed by atoms with van der Waals surface area (Å²) < 4.78 is 27.5.